The molecule has 1 aromatic carbocycles. The summed E-state index contributed by atoms with van der Waals surface area (Å²) >= 11 is 0. The van der Waals surface area contributed by atoms with Crippen LogP contribution < -0.4 is 21.9 Å². The van der Waals surface area contributed by atoms with E-state index < -0.39 is 0 Å². The molecule has 1 heterocycles. The zero-order chi connectivity index (χ0) is 11.5. The molecule has 0 aliphatic carbocycles. The maximum absolute atomic E-state index is 5.56. The number of rotatable bonds is 1. The van der Waals surface area contributed by atoms with Crippen LogP contribution in [0.15, 0.2) is 34.3 Å². The SMILES string of the molecule is NC(N)=NC(N)=NC1COc2ccccc21. The lowest BCUT2D eigenvalue weighted by molar-refractivity contribution is 0.334. The van der Waals surface area contributed by atoms with E-state index in [2.05, 4.69) is 9.98 Å². The molecule has 2 rings (SSSR count). The average Bonchev–Trinajstić information content (AvgIpc) is 2.61. The van der Waals surface area contributed by atoms with Gasteiger partial charge in [0.25, 0.3) is 0 Å². The third-order valence-corrected chi connectivity index (χ3v) is 2.21. The molecule has 0 aromatic heterocycles. The van der Waals surface area contributed by atoms with Crippen LogP contribution in [0.2, 0.25) is 0 Å². The van der Waals surface area contributed by atoms with Gasteiger partial charge in [0.2, 0.25) is 5.96 Å². The van der Waals surface area contributed by atoms with E-state index in [0.29, 0.717) is 6.61 Å². The summed E-state index contributed by atoms with van der Waals surface area (Å²) in [5.74, 6) is 0.785. The lowest BCUT2D eigenvalue weighted by Gasteiger charge is -2.02. The normalized spacial score (nSPS) is 18.8. The van der Waals surface area contributed by atoms with Gasteiger partial charge in [-0.1, -0.05) is 18.2 Å². The molecule has 0 saturated carbocycles. The fraction of sp³-hybridized carbons (Fsp3) is 0.200. The van der Waals surface area contributed by atoms with E-state index in [9.17, 15) is 0 Å². The molecule has 0 saturated heterocycles. The van der Waals surface area contributed by atoms with E-state index in [4.69, 9.17) is 21.9 Å². The van der Waals surface area contributed by atoms with Gasteiger partial charge in [-0.05, 0) is 6.07 Å². The van der Waals surface area contributed by atoms with Gasteiger partial charge in [0.1, 0.15) is 18.4 Å². The first-order valence-corrected chi connectivity index (χ1v) is 4.81. The minimum Gasteiger partial charge on any atom is -0.491 e. The first kappa shape index (κ1) is 10.3. The predicted molar refractivity (Wildman–Crippen MR) is 62.1 cm³/mol. The molecule has 6 heteroatoms. The quantitative estimate of drug-likeness (QED) is 0.445. The molecule has 1 aromatic rings. The highest BCUT2D eigenvalue weighted by atomic mass is 16.5. The zero-order valence-electron chi connectivity index (χ0n) is 8.63. The summed E-state index contributed by atoms with van der Waals surface area (Å²) < 4.78 is 5.44. The first-order valence-electron chi connectivity index (χ1n) is 4.81. The van der Waals surface area contributed by atoms with Gasteiger partial charge in [-0.3, -0.25) is 0 Å². The van der Waals surface area contributed by atoms with Gasteiger partial charge in [0.05, 0.1) is 0 Å². The number of benzene rings is 1. The van der Waals surface area contributed by atoms with Crippen LogP contribution in [0.25, 0.3) is 0 Å². The van der Waals surface area contributed by atoms with Crippen molar-refractivity contribution in [3.05, 3.63) is 29.8 Å². The average molecular weight is 219 g/mol. The predicted octanol–water partition coefficient (Wildman–Crippen LogP) is -0.292. The number of fused-ring (bicyclic) bond motifs is 1. The van der Waals surface area contributed by atoms with Crippen molar-refractivity contribution in [2.24, 2.45) is 27.2 Å². The van der Waals surface area contributed by atoms with Gasteiger partial charge in [-0.15, -0.1) is 0 Å². The van der Waals surface area contributed by atoms with Crippen molar-refractivity contribution in [1.82, 2.24) is 0 Å². The Morgan fingerprint density at radius 2 is 2.00 bits per heavy atom. The summed E-state index contributed by atoms with van der Waals surface area (Å²) in [7, 11) is 0. The van der Waals surface area contributed by atoms with Crippen molar-refractivity contribution in [2.75, 3.05) is 6.61 Å². The number of nitrogens with two attached hydrogens (primary N) is 3. The minimum atomic E-state index is -0.140. The molecule has 0 spiro atoms. The Morgan fingerprint density at radius 3 is 2.75 bits per heavy atom. The van der Waals surface area contributed by atoms with E-state index >= 15 is 0 Å². The molecule has 6 nitrogen and oxygen atoms in total. The Labute approximate surface area is 92.8 Å². The van der Waals surface area contributed by atoms with Crippen molar-refractivity contribution in [1.29, 1.82) is 0 Å². The fourth-order valence-corrected chi connectivity index (χ4v) is 1.57. The van der Waals surface area contributed by atoms with Gasteiger partial charge in [-0.25, -0.2) is 4.99 Å². The molecule has 6 N–H and O–H groups in total. The highest BCUT2D eigenvalue weighted by molar-refractivity contribution is 5.92. The maximum atomic E-state index is 5.56. The van der Waals surface area contributed by atoms with E-state index in [-0.39, 0.29) is 18.0 Å². The molecular weight excluding hydrogens is 206 g/mol. The number of hydrogen-bond acceptors (Lipinski definition) is 2. The number of guanidine groups is 2. The lowest BCUT2D eigenvalue weighted by Crippen LogP contribution is -2.26. The number of nitrogens with zero attached hydrogens (tertiary/aromatic N) is 2. The third-order valence-electron chi connectivity index (χ3n) is 2.21. The van der Waals surface area contributed by atoms with Crippen LogP contribution in [0.3, 0.4) is 0 Å². The number of aliphatic imine (C=N–C) groups is 2. The Morgan fingerprint density at radius 1 is 1.25 bits per heavy atom. The summed E-state index contributed by atoms with van der Waals surface area (Å²) in [5, 5.41) is 0. The zero-order valence-corrected chi connectivity index (χ0v) is 8.63. The fourth-order valence-electron chi connectivity index (χ4n) is 1.57. The molecule has 1 atom stereocenters. The largest absolute Gasteiger partial charge is 0.491 e. The highest BCUT2D eigenvalue weighted by Gasteiger charge is 2.22. The third kappa shape index (κ3) is 2.05. The van der Waals surface area contributed by atoms with Gasteiger partial charge >= 0.3 is 0 Å². The Bertz CT molecular complexity index is 450. The van der Waals surface area contributed by atoms with Gasteiger partial charge in [0, 0.05) is 5.56 Å². The van der Waals surface area contributed by atoms with E-state index in [1.54, 1.807) is 0 Å². The summed E-state index contributed by atoms with van der Waals surface area (Å²) in [6, 6.07) is 7.53. The Hall–Kier alpha value is -2.24. The van der Waals surface area contributed by atoms with Crippen molar-refractivity contribution >= 4 is 11.9 Å². The monoisotopic (exact) mass is 219 g/mol. The van der Waals surface area contributed by atoms with Crippen LogP contribution in [0.5, 0.6) is 5.75 Å². The molecule has 0 fully saturated rings. The molecule has 1 aliphatic heterocycles. The lowest BCUT2D eigenvalue weighted by atomic mass is 10.1. The first-order chi connectivity index (χ1) is 7.66. The van der Waals surface area contributed by atoms with E-state index in [1.165, 1.54) is 0 Å². The van der Waals surface area contributed by atoms with Crippen molar-refractivity contribution in [3.63, 3.8) is 0 Å². The number of ether oxygens (including phenoxy) is 1. The van der Waals surface area contributed by atoms with Crippen molar-refractivity contribution < 1.29 is 4.74 Å². The van der Waals surface area contributed by atoms with Crippen LogP contribution in [-0.4, -0.2) is 18.5 Å². The molecule has 1 unspecified atom stereocenters. The van der Waals surface area contributed by atoms with Crippen LogP contribution >= 0.6 is 0 Å². The van der Waals surface area contributed by atoms with Crippen LogP contribution in [0, 0.1) is 0 Å². The van der Waals surface area contributed by atoms with Gasteiger partial charge < -0.3 is 21.9 Å². The Kier molecular flexibility index (Phi) is 2.63. The van der Waals surface area contributed by atoms with Gasteiger partial charge in [0.15, 0.2) is 5.96 Å². The smallest absolute Gasteiger partial charge is 0.219 e. The minimum absolute atomic E-state index is 0.0605. The van der Waals surface area contributed by atoms with Gasteiger partial charge in [-0.2, -0.15) is 4.99 Å². The van der Waals surface area contributed by atoms with Crippen LogP contribution in [-0.2, 0) is 0 Å². The second-order valence-corrected chi connectivity index (χ2v) is 3.39. The molecule has 16 heavy (non-hydrogen) atoms. The molecule has 0 bridgehead atoms. The second kappa shape index (κ2) is 4.09. The van der Waals surface area contributed by atoms with Crippen molar-refractivity contribution in [3.8, 4) is 5.75 Å². The molecule has 84 valence electrons. The summed E-state index contributed by atoms with van der Waals surface area (Å²) in [6.07, 6.45) is 0. The maximum Gasteiger partial charge on any atom is 0.219 e. The molecule has 0 amide bonds. The summed E-state index contributed by atoms with van der Waals surface area (Å²) in [6.45, 7) is 0.458. The summed E-state index contributed by atoms with van der Waals surface area (Å²) in [5.41, 5.74) is 17.0. The topological polar surface area (TPSA) is 112 Å². The molecule has 1 aliphatic rings. The second-order valence-electron chi connectivity index (χ2n) is 3.39. The number of para-hydroxylation sites is 1. The highest BCUT2D eigenvalue weighted by Crippen LogP contribution is 2.34. The standard InChI is InChI=1S/C10H13N5O/c11-9(12)15-10(13)14-7-5-16-8-4-2-1-3-6(7)8/h1-4,7H,5H2,(H6,11,12,13,14,15). The summed E-state index contributed by atoms with van der Waals surface area (Å²) in [4.78, 5) is 7.84. The van der Waals surface area contributed by atoms with E-state index in [0.717, 1.165) is 11.3 Å². The number of hydrogen-bond donors (Lipinski definition) is 3. The van der Waals surface area contributed by atoms with Crippen LogP contribution in [0.4, 0.5) is 0 Å². The molecule has 0 radical (unpaired) electrons. The van der Waals surface area contributed by atoms with Crippen molar-refractivity contribution in [2.45, 2.75) is 6.04 Å². The molecular formula is C10H13N5O. The van der Waals surface area contributed by atoms with E-state index in [1.807, 2.05) is 24.3 Å². The Balaban J connectivity index is 2.23. The van der Waals surface area contributed by atoms with Crippen LogP contribution in [0.1, 0.15) is 11.6 Å².